The van der Waals surface area contributed by atoms with Crippen molar-refractivity contribution in [1.82, 2.24) is 15.1 Å². The van der Waals surface area contributed by atoms with Gasteiger partial charge < -0.3 is 15.0 Å². The Balaban J connectivity index is 1.50. The average Bonchev–Trinajstić information content (AvgIpc) is 3.30. The monoisotopic (exact) mass is 456 g/mol. The molecule has 2 aromatic rings. The summed E-state index contributed by atoms with van der Waals surface area (Å²) in [5, 5.41) is 5.00. The predicted molar refractivity (Wildman–Crippen MR) is 122 cm³/mol. The van der Waals surface area contributed by atoms with Gasteiger partial charge in [0, 0.05) is 56.0 Å². The molecule has 3 aliphatic heterocycles. The summed E-state index contributed by atoms with van der Waals surface area (Å²) in [6.45, 7) is 1.84. The summed E-state index contributed by atoms with van der Waals surface area (Å²) in [5.74, 6) is -2.38. The molecule has 0 spiro atoms. The lowest BCUT2D eigenvalue weighted by Gasteiger charge is -2.29. The van der Waals surface area contributed by atoms with Gasteiger partial charge in [0.2, 0.25) is 11.8 Å². The number of nitrogens with zero attached hydrogens (tertiary/aromatic N) is 2. The van der Waals surface area contributed by atoms with Crippen LogP contribution in [-0.2, 0) is 34.0 Å². The van der Waals surface area contributed by atoms with Crippen LogP contribution in [0.4, 0.5) is 5.69 Å². The molecule has 0 aliphatic carbocycles. The van der Waals surface area contributed by atoms with Gasteiger partial charge in [-0.3, -0.25) is 24.6 Å². The van der Waals surface area contributed by atoms with E-state index in [9.17, 15) is 14.4 Å². The lowest BCUT2D eigenvalue weighted by atomic mass is 10.0. The number of benzene rings is 2. The van der Waals surface area contributed by atoms with E-state index in [1.165, 1.54) is 0 Å². The minimum absolute atomic E-state index is 0.0252. The van der Waals surface area contributed by atoms with Gasteiger partial charge in [-0.25, -0.2) is 0 Å². The van der Waals surface area contributed by atoms with Crippen LogP contribution in [0.1, 0.15) is 50.9 Å². The van der Waals surface area contributed by atoms with E-state index in [4.69, 9.17) is 15.7 Å². The van der Waals surface area contributed by atoms with Gasteiger partial charge in [0.05, 0.1) is 24.2 Å². The van der Waals surface area contributed by atoms with Crippen molar-refractivity contribution in [2.75, 3.05) is 31.6 Å². The van der Waals surface area contributed by atoms with Crippen molar-refractivity contribution in [3.63, 3.8) is 0 Å². The van der Waals surface area contributed by atoms with Crippen LogP contribution in [0, 0.1) is 0 Å². The Morgan fingerprint density at radius 1 is 1.12 bits per heavy atom. The fourth-order valence-corrected chi connectivity index (χ4v) is 4.12. The molecule has 8 nitrogen and oxygen atoms in total. The van der Waals surface area contributed by atoms with Crippen LogP contribution in [0.2, 0.25) is 0 Å². The van der Waals surface area contributed by atoms with E-state index < -0.39 is 41.9 Å². The zero-order chi connectivity index (χ0) is 29.8. The molecule has 0 radical (unpaired) electrons. The summed E-state index contributed by atoms with van der Waals surface area (Å²) >= 11 is 0. The van der Waals surface area contributed by atoms with Crippen LogP contribution in [-0.4, -0.2) is 59.8 Å². The quantitative estimate of drug-likeness (QED) is 0.645. The van der Waals surface area contributed by atoms with E-state index in [1.54, 1.807) is 0 Å². The number of anilines is 1. The first-order valence-corrected chi connectivity index (χ1v) is 10.8. The second-order valence-electron chi connectivity index (χ2n) is 8.02. The number of nitrogens with one attached hydrogen (secondary N) is 2. The van der Waals surface area contributed by atoms with E-state index in [2.05, 4.69) is 10.6 Å². The number of fused-ring (bicyclic) bond motifs is 1. The van der Waals surface area contributed by atoms with E-state index >= 15 is 0 Å². The molecule has 2 N–H and O–H groups in total. The van der Waals surface area contributed by atoms with Crippen LogP contribution in [0.15, 0.2) is 42.3 Å². The average molecular weight is 457 g/mol. The molecular weight excluding hydrogens is 420 g/mol. The number of carbonyl (C=O) groups excluding carboxylic acids is 3. The largest absolute Gasteiger partial charge is 0.381 e. The second-order valence-corrected chi connectivity index (χ2v) is 8.02. The Morgan fingerprint density at radius 2 is 1.91 bits per heavy atom. The molecule has 8 heteroatoms. The number of piperidine rings is 1. The summed E-state index contributed by atoms with van der Waals surface area (Å²) < 4.78 is 73.1. The van der Waals surface area contributed by atoms with E-state index in [1.807, 2.05) is 4.90 Å². The van der Waals surface area contributed by atoms with Crippen LogP contribution < -0.4 is 10.6 Å². The third-order valence-electron chi connectivity index (χ3n) is 5.84. The molecule has 0 saturated carbocycles. The highest BCUT2D eigenvalue weighted by Crippen LogP contribution is 2.32. The van der Waals surface area contributed by atoms with E-state index in [0.717, 1.165) is 4.90 Å². The number of hydrogen-bond acceptors (Lipinski definition) is 6. The first-order valence-electron chi connectivity index (χ1n) is 14.8. The molecule has 33 heavy (non-hydrogen) atoms. The third-order valence-corrected chi connectivity index (χ3v) is 5.84. The van der Waals surface area contributed by atoms with Crippen LogP contribution >= 0.6 is 0 Å². The second kappa shape index (κ2) is 9.33. The fraction of sp³-hybridized carbons (Fsp3) is 0.400. The van der Waals surface area contributed by atoms with Crippen molar-refractivity contribution in [2.45, 2.75) is 38.5 Å². The van der Waals surface area contributed by atoms with Gasteiger partial charge in [0.1, 0.15) is 6.02 Å². The minimum Gasteiger partial charge on any atom is -0.381 e. The van der Waals surface area contributed by atoms with E-state index in [-0.39, 0.29) is 84.6 Å². The lowest BCUT2D eigenvalue weighted by molar-refractivity contribution is -0.136. The summed E-state index contributed by atoms with van der Waals surface area (Å²) in [5.41, 5.74) is 0.221. The van der Waals surface area contributed by atoms with E-state index in [0.29, 0.717) is 26.3 Å². The normalized spacial score (nSPS) is 26.8. The van der Waals surface area contributed by atoms with Gasteiger partial charge in [-0.05, 0) is 29.6 Å². The van der Waals surface area contributed by atoms with Gasteiger partial charge in [-0.2, -0.15) is 0 Å². The first kappa shape index (κ1) is 14.1. The Morgan fingerprint density at radius 3 is 2.73 bits per heavy atom. The number of amides is 3. The lowest BCUT2D eigenvalue weighted by Crippen LogP contribution is -2.52. The third kappa shape index (κ3) is 4.62. The molecule has 3 amide bonds. The maximum Gasteiger partial charge on any atom is 0.255 e. The number of imide groups is 1. The van der Waals surface area contributed by atoms with Gasteiger partial charge in [0.25, 0.3) is 5.91 Å². The first-order chi connectivity index (χ1) is 19.4. The zero-order valence-corrected chi connectivity index (χ0v) is 17.9. The van der Waals surface area contributed by atoms with Crippen molar-refractivity contribution < 1.29 is 30.1 Å². The highest BCUT2D eigenvalue weighted by molar-refractivity contribution is 6.06. The zero-order valence-electron chi connectivity index (χ0n) is 25.9. The Labute approximate surface area is 204 Å². The summed E-state index contributed by atoms with van der Waals surface area (Å²) in [6.07, 6.45) is -0.411. The highest BCUT2D eigenvalue weighted by Gasteiger charge is 2.39. The van der Waals surface area contributed by atoms with Crippen molar-refractivity contribution in [2.24, 2.45) is 0 Å². The highest BCUT2D eigenvalue weighted by atomic mass is 16.5. The van der Waals surface area contributed by atoms with Crippen molar-refractivity contribution in [1.29, 1.82) is 0 Å². The standard InChI is InChI=1S/C25H28N4O4/c30-23-8-7-22(24(31)27-23)29-16-20-19(25(29)32)5-2-6-21(20)26-14-17-3-1-4-18(13-17)15-28-9-11-33-12-10-28/h1-6,13,22,26H,7-12,14-16H2,(H,27,30,31)/i1D,2D,3D,4D,5D,6D,13D,22D. The molecule has 3 heterocycles. The van der Waals surface area contributed by atoms with Crippen molar-refractivity contribution in [3.8, 4) is 0 Å². The molecular formula is C25H28N4O4. The van der Waals surface area contributed by atoms with Crippen LogP contribution in [0.25, 0.3) is 0 Å². The Hall–Kier alpha value is -3.23. The van der Waals surface area contributed by atoms with Gasteiger partial charge in [0.15, 0.2) is 0 Å². The number of hydrogen-bond donors (Lipinski definition) is 2. The molecule has 1 atom stereocenters. The number of rotatable bonds is 6. The SMILES string of the molecule is [2H]c1c([2H])c(CNc2c([2H])c([2H])c([2H])c3c2CN(C2([2H])CCC(=O)NC2=O)C3=O)c([2H])c(CN2CCOCC2)c1[2H]. The summed E-state index contributed by atoms with van der Waals surface area (Å²) in [7, 11) is 0. The predicted octanol–water partition coefficient (Wildman–Crippen LogP) is 1.89. The molecule has 172 valence electrons. The summed E-state index contributed by atoms with van der Waals surface area (Å²) in [4.78, 5) is 40.6. The fourth-order valence-electron chi connectivity index (χ4n) is 4.12. The molecule has 2 fully saturated rings. The van der Waals surface area contributed by atoms with Crippen molar-refractivity contribution >= 4 is 23.4 Å². The Bertz CT molecular complexity index is 1480. The number of morpholine rings is 1. The minimum atomic E-state index is -2.13. The summed E-state index contributed by atoms with van der Waals surface area (Å²) in [6, 6.07) is -4.63. The van der Waals surface area contributed by atoms with Gasteiger partial charge in [-0.1, -0.05) is 30.2 Å². The molecule has 0 bridgehead atoms. The maximum atomic E-state index is 13.4. The van der Waals surface area contributed by atoms with Gasteiger partial charge >= 0.3 is 0 Å². The number of ether oxygens (including phenoxy) is 1. The molecule has 1 unspecified atom stereocenters. The molecule has 2 saturated heterocycles. The van der Waals surface area contributed by atoms with Crippen molar-refractivity contribution in [3.05, 3.63) is 64.6 Å². The molecule has 3 aliphatic rings. The molecule has 0 aromatic heterocycles. The topological polar surface area (TPSA) is 91.0 Å². The van der Waals surface area contributed by atoms with Crippen LogP contribution in [0.3, 0.4) is 0 Å². The van der Waals surface area contributed by atoms with Crippen LogP contribution in [0.5, 0.6) is 0 Å². The molecule has 2 aromatic carbocycles. The van der Waals surface area contributed by atoms with Gasteiger partial charge in [-0.15, -0.1) is 0 Å². The maximum absolute atomic E-state index is 13.4. The number of carbonyl (C=O) groups is 3. The molecule has 5 rings (SSSR count). The Kier molecular flexibility index (Phi) is 3.99. The smallest absolute Gasteiger partial charge is 0.255 e.